The molecule has 0 radical (unpaired) electrons. The molecule has 5 rings (SSSR count). The second kappa shape index (κ2) is 13.0. The molecule has 1 amide bonds. The fraction of sp³-hybridized carbons (Fsp3) is 0.433. The van der Waals surface area contributed by atoms with Crippen molar-refractivity contribution in [3.63, 3.8) is 0 Å². The number of aromatic nitrogens is 5. The first kappa shape index (κ1) is 28.4. The maximum absolute atomic E-state index is 13.5. The zero-order chi connectivity index (χ0) is 28.8. The fourth-order valence-corrected chi connectivity index (χ4v) is 5.14. The van der Waals surface area contributed by atoms with Crippen molar-refractivity contribution in [3.05, 3.63) is 75.3 Å². The van der Waals surface area contributed by atoms with Gasteiger partial charge in [0, 0.05) is 69.1 Å². The Morgan fingerprint density at radius 1 is 1.02 bits per heavy atom. The summed E-state index contributed by atoms with van der Waals surface area (Å²) in [6.07, 6.45) is 7.30. The molecule has 0 aromatic carbocycles. The van der Waals surface area contributed by atoms with E-state index < -0.39 is 0 Å². The average molecular weight is 560 g/mol. The lowest BCUT2D eigenvalue weighted by Crippen LogP contribution is -2.43. The Labute approximate surface area is 238 Å². The second-order valence-corrected chi connectivity index (χ2v) is 10.2. The third-order valence-corrected chi connectivity index (χ3v) is 7.42. The van der Waals surface area contributed by atoms with Gasteiger partial charge in [0.15, 0.2) is 0 Å². The fourth-order valence-electron chi connectivity index (χ4n) is 5.14. The molecule has 0 aliphatic carbocycles. The highest BCUT2D eigenvalue weighted by Crippen LogP contribution is 2.24. The molecule has 4 aromatic rings. The van der Waals surface area contributed by atoms with Crippen molar-refractivity contribution in [2.45, 2.75) is 46.2 Å². The van der Waals surface area contributed by atoms with Gasteiger partial charge >= 0.3 is 5.69 Å². The van der Waals surface area contributed by atoms with Crippen LogP contribution >= 0.6 is 0 Å². The van der Waals surface area contributed by atoms with Gasteiger partial charge in [-0.25, -0.2) is 9.78 Å². The topological polar surface area (TPSA) is 118 Å². The van der Waals surface area contributed by atoms with Crippen molar-refractivity contribution >= 4 is 22.8 Å². The summed E-state index contributed by atoms with van der Waals surface area (Å²) in [7, 11) is 0. The normalized spacial score (nSPS) is 14.0. The van der Waals surface area contributed by atoms with Crippen molar-refractivity contribution in [1.82, 2.24) is 29.0 Å². The number of carbonyl (C=O) groups excluding carboxylic acids is 1. The van der Waals surface area contributed by atoms with Gasteiger partial charge in [-0.2, -0.15) is 0 Å². The monoisotopic (exact) mass is 559 g/mol. The lowest BCUT2D eigenvalue weighted by atomic mass is 10.2. The van der Waals surface area contributed by atoms with E-state index in [1.54, 1.807) is 40.2 Å². The van der Waals surface area contributed by atoms with Crippen molar-refractivity contribution in [2.24, 2.45) is 0 Å². The number of hydrogen-bond donors (Lipinski definition) is 1. The summed E-state index contributed by atoms with van der Waals surface area (Å²) >= 11 is 0. The minimum atomic E-state index is -0.307. The summed E-state index contributed by atoms with van der Waals surface area (Å²) in [6, 6.07) is 9.02. The number of aromatic amines is 1. The van der Waals surface area contributed by atoms with Gasteiger partial charge in [-0.1, -0.05) is 20.3 Å². The third-order valence-electron chi connectivity index (χ3n) is 7.42. The maximum Gasteiger partial charge on any atom is 0.331 e. The Hall–Kier alpha value is -4.09. The maximum atomic E-state index is 13.5. The molecular formula is C30H37N7O4. The zero-order valence-electron chi connectivity index (χ0n) is 23.7. The number of rotatable bonds is 11. The number of ether oxygens (including phenoxy) is 1. The quantitative estimate of drug-likeness (QED) is 0.300. The van der Waals surface area contributed by atoms with Gasteiger partial charge in [0.05, 0.1) is 24.3 Å². The SMILES string of the molecule is CCCCn1c(=O)c2[nH]c(-c3ccc(N(CCN4CCOCC4)C(=O)c4cccnc4)nc3)cc2n(CCC)c1=O. The average Bonchev–Trinajstić information content (AvgIpc) is 3.46. The molecule has 1 fully saturated rings. The Morgan fingerprint density at radius 3 is 2.54 bits per heavy atom. The Bertz CT molecular complexity index is 1590. The summed E-state index contributed by atoms with van der Waals surface area (Å²) in [5, 5.41) is 0. The van der Waals surface area contributed by atoms with E-state index >= 15 is 0 Å². The smallest absolute Gasteiger partial charge is 0.331 e. The van der Waals surface area contributed by atoms with Crippen molar-refractivity contribution in [3.8, 4) is 11.3 Å². The molecule has 4 aromatic heterocycles. The molecule has 1 aliphatic rings. The van der Waals surface area contributed by atoms with E-state index in [-0.39, 0.29) is 17.2 Å². The number of amides is 1. The molecule has 41 heavy (non-hydrogen) atoms. The molecule has 216 valence electrons. The molecular weight excluding hydrogens is 522 g/mol. The number of pyridine rings is 2. The zero-order valence-corrected chi connectivity index (χ0v) is 23.7. The number of nitrogens with zero attached hydrogens (tertiary/aromatic N) is 6. The number of hydrogen-bond acceptors (Lipinski definition) is 7. The molecule has 0 spiro atoms. The van der Waals surface area contributed by atoms with E-state index in [0.29, 0.717) is 67.5 Å². The van der Waals surface area contributed by atoms with Crippen LogP contribution in [0.15, 0.2) is 58.5 Å². The molecule has 0 saturated carbocycles. The van der Waals surface area contributed by atoms with Crippen molar-refractivity contribution in [1.29, 1.82) is 0 Å². The molecule has 5 heterocycles. The van der Waals surface area contributed by atoms with Crippen LogP contribution in [0.3, 0.4) is 0 Å². The Kier molecular flexibility index (Phi) is 9.05. The number of carbonyl (C=O) groups is 1. The predicted octanol–water partition coefficient (Wildman–Crippen LogP) is 3.14. The van der Waals surface area contributed by atoms with Gasteiger partial charge in [0.2, 0.25) is 0 Å². The van der Waals surface area contributed by atoms with Crippen LogP contribution in [0.2, 0.25) is 0 Å². The summed E-state index contributed by atoms with van der Waals surface area (Å²) < 4.78 is 8.47. The van der Waals surface area contributed by atoms with E-state index in [0.717, 1.165) is 37.9 Å². The lowest BCUT2D eigenvalue weighted by molar-refractivity contribution is 0.0391. The molecule has 0 unspecified atom stereocenters. The summed E-state index contributed by atoms with van der Waals surface area (Å²) in [5.74, 6) is 0.352. The number of H-pyrrole nitrogens is 1. The number of nitrogens with one attached hydrogen (secondary N) is 1. The van der Waals surface area contributed by atoms with E-state index in [2.05, 4.69) is 19.9 Å². The standard InChI is InChI=1S/C30H37N7O4/c1-3-5-12-37-29(39)27-25(35(11-4-2)30(37)40)19-24(33-27)22-8-9-26(32-21-22)36(14-13-34-15-17-41-18-16-34)28(38)23-7-6-10-31-20-23/h6-10,19-21,33H,3-5,11-18H2,1-2H3. The van der Waals surface area contributed by atoms with Crippen molar-refractivity contribution in [2.75, 3.05) is 44.3 Å². The minimum Gasteiger partial charge on any atom is -0.379 e. The van der Waals surface area contributed by atoms with Gasteiger partial charge < -0.3 is 9.72 Å². The Morgan fingerprint density at radius 2 is 1.85 bits per heavy atom. The van der Waals surface area contributed by atoms with Crippen LogP contribution in [-0.4, -0.2) is 74.3 Å². The summed E-state index contributed by atoms with van der Waals surface area (Å²) in [6.45, 7) is 9.13. The molecule has 0 atom stereocenters. The molecule has 11 nitrogen and oxygen atoms in total. The first-order chi connectivity index (χ1) is 20.0. The van der Waals surface area contributed by atoms with Crippen molar-refractivity contribution < 1.29 is 9.53 Å². The van der Waals surface area contributed by atoms with E-state index in [1.165, 1.54) is 4.57 Å². The lowest BCUT2D eigenvalue weighted by Gasteiger charge is -2.29. The van der Waals surface area contributed by atoms with Crippen LogP contribution in [0.4, 0.5) is 5.82 Å². The van der Waals surface area contributed by atoms with Gasteiger partial charge in [-0.15, -0.1) is 0 Å². The van der Waals surface area contributed by atoms with Gasteiger partial charge in [0.1, 0.15) is 11.3 Å². The highest BCUT2D eigenvalue weighted by Gasteiger charge is 2.22. The van der Waals surface area contributed by atoms with Crippen LogP contribution in [-0.2, 0) is 17.8 Å². The highest BCUT2D eigenvalue weighted by atomic mass is 16.5. The number of fused-ring (bicyclic) bond motifs is 1. The van der Waals surface area contributed by atoms with Crippen LogP contribution in [0.25, 0.3) is 22.3 Å². The predicted molar refractivity (Wildman–Crippen MR) is 158 cm³/mol. The molecule has 1 aliphatic heterocycles. The number of aryl methyl sites for hydroxylation is 1. The van der Waals surface area contributed by atoms with E-state index in [4.69, 9.17) is 4.74 Å². The molecule has 1 saturated heterocycles. The van der Waals surface area contributed by atoms with Gasteiger partial charge in [0.25, 0.3) is 11.5 Å². The minimum absolute atomic E-state index is 0.173. The largest absolute Gasteiger partial charge is 0.379 e. The number of anilines is 1. The third kappa shape index (κ3) is 6.15. The van der Waals surface area contributed by atoms with E-state index in [1.807, 2.05) is 32.0 Å². The van der Waals surface area contributed by atoms with E-state index in [9.17, 15) is 14.4 Å². The van der Waals surface area contributed by atoms with Gasteiger partial charge in [-0.3, -0.25) is 33.5 Å². The first-order valence-corrected chi connectivity index (χ1v) is 14.4. The second-order valence-electron chi connectivity index (χ2n) is 10.2. The Balaban J connectivity index is 1.47. The van der Waals surface area contributed by atoms with Crippen LogP contribution in [0, 0.1) is 0 Å². The summed E-state index contributed by atoms with van der Waals surface area (Å²) in [5.41, 5.74) is 2.34. The van der Waals surface area contributed by atoms with Crippen LogP contribution in [0.5, 0.6) is 0 Å². The highest BCUT2D eigenvalue weighted by molar-refractivity contribution is 6.05. The van der Waals surface area contributed by atoms with Crippen LogP contribution < -0.4 is 16.1 Å². The van der Waals surface area contributed by atoms with Gasteiger partial charge in [-0.05, 0) is 43.2 Å². The molecule has 1 N–H and O–H groups in total. The summed E-state index contributed by atoms with van der Waals surface area (Å²) in [4.78, 5) is 55.9. The molecule has 0 bridgehead atoms. The van der Waals surface area contributed by atoms with Crippen LogP contribution in [0.1, 0.15) is 43.5 Å². The first-order valence-electron chi connectivity index (χ1n) is 14.4. The number of morpholine rings is 1. The molecule has 11 heteroatoms. The number of unbranched alkanes of at least 4 members (excludes halogenated alkanes) is 1.